The molecule has 0 aliphatic carbocycles. The first kappa shape index (κ1) is 94.2. The largest absolute Gasteiger partial charge is 0.586 e. The fraction of sp³-hybridized carbons (Fsp3) is 0.400. The smallest absolute Gasteiger partial charge is 0.406 e. The average molecular weight is 1720 g/mol. The quantitative estimate of drug-likeness (QED) is 0.0980. The number of alkyl halides is 13. The van der Waals surface area contributed by atoms with Crippen LogP contribution in [0.2, 0.25) is 0 Å². The molecule has 0 radical (unpaired) electrons. The summed E-state index contributed by atoms with van der Waals surface area (Å²) in [7, 11) is -1.61. The number of pyridine rings is 3. The Morgan fingerprint density at radius 3 is 1.04 bits per heavy atom. The van der Waals surface area contributed by atoms with Crippen molar-refractivity contribution in [2.45, 2.75) is 199 Å². The molecule has 0 atom stereocenters. The lowest BCUT2D eigenvalue weighted by Gasteiger charge is -2.32. The van der Waals surface area contributed by atoms with E-state index in [1.165, 1.54) is 98.8 Å². The third-order valence-electron chi connectivity index (χ3n) is 18.2. The average Bonchev–Trinajstić information content (AvgIpc) is 1.60. The molecule has 5 aliphatic rings. The number of para-hydroxylation sites is 2. The van der Waals surface area contributed by atoms with E-state index in [0.717, 1.165) is 46.4 Å². The van der Waals surface area contributed by atoms with Crippen LogP contribution in [0.1, 0.15) is 129 Å². The number of aryl methyl sites for hydroxylation is 3. The van der Waals surface area contributed by atoms with Crippen molar-refractivity contribution in [3.8, 4) is 68.4 Å². The van der Waals surface area contributed by atoms with Crippen LogP contribution >= 0.6 is 31.9 Å². The molecule has 0 N–H and O–H groups in total. The molecule has 0 unspecified atom stereocenters. The molecule has 0 bridgehead atoms. The van der Waals surface area contributed by atoms with Crippen LogP contribution in [-0.2, 0) is 27.9 Å². The van der Waals surface area contributed by atoms with Crippen LogP contribution < -0.4 is 55.3 Å². The van der Waals surface area contributed by atoms with E-state index in [-0.39, 0.29) is 109 Å². The first-order valence-electron chi connectivity index (χ1n) is 32.5. The van der Waals surface area contributed by atoms with Crippen LogP contribution in [0.4, 0.5) is 57.1 Å². The van der Waals surface area contributed by atoms with Gasteiger partial charge in [0.2, 0.25) is 0 Å². The third-order valence-corrected chi connectivity index (χ3v) is 19.6. The van der Waals surface area contributed by atoms with E-state index in [0.29, 0.717) is 38.0 Å². The number of ether oxygens (including phenoxy) is 7. The number of hydrogen-bond acceptors (Lipinski definition) is 16. The van der Waals surface area contributed by atoms with Crippen LogP contribution in [0.3, 0.4) is 0 Å². The second-order valence-corrected chi connectivity index (χ2v) is 29.4. The Morgan fingerprint density at radius 1 is 0.366 bits per heavy atom. The standard InChI is InChI=1S/C20H12F5NO4.C19H21BF3NO4.C13H9BrF3NO2.C12H24B2O4.C7H3BrF2O2.4CH4/c1-11-9-17(27)26(12-5-7-13(8-6-12)28-19(21,22)23)10-15(11)14-3-2-4-16-18(14)30-20(24,25)29-16;1-12-10-16(25)24(13-6-8-14(9-7-13)26-19(21,22)23)11-15(12)20-27-17(2,3)18(4,5)28-20;1-8-6-12(19)18(7-11(8)14)9-2-4-10(5-3-9)20-13(15,16)17;1-9(2)10(3,4)16-13(15-9)14-17-11(5,6)12(7,8)18-14;8-4-2-1-3-5-6(4)12-7(9,10)11-5;;;;/h2-10H,1H3;6-11H,1-5H3;2-7H,1H3;1-8H3;1-3H;4*1H4. The highest BCUT2D eigenvalue weighted by atomic mass is 79.9. The third kappa shape index (κ3) is 22.5. The van der Waals surface area contributed by atoms with Gasteiger partial charge in [0, 0.05) is 74.9 Å². The molecule has 3 fully saturated rings. The molecule has 3 aromatic heterocycles. The number of aromatic nitrogens is 3. The summed E-state index contributed by atoms with van der Waals surface area (Å²) in [6, 6.07) is 27.9. The van der Waals surface area contributed by atoms with Crippen LogP contribution in [0.5, 0.6) is 40.2 Å². The SMILES string of the molecule is C.C.C.C.CC1(C)OB(B2OC(C)(C)C(C)(C)O2)OC1(C)C.Cc1cc(=O)n(-c2ccc(OC(F)(F)F)cc2)cc1-c1cccc2c1OC(F)(F)O2.Cc1cc(=O)n(-c2ccc(OC(F)(F)F)cc2)cc1B1OC(C)(C)C(C)(C)O1.Cc1cc(=O)n(-c2ccc(OC(F)(F)F)cc2)cc1Br.FC1(F)Oc2cccc(Br)c2O1. The van der Waals surface area contributed by atoms with E-state index in [9.17, 15) is 71.5 Å². The van der Waals surface area contributed by atoms with Gasteiger partial charge in [-0.3, -0.25) is 28.1 Å². The monoisotopic (exact) mass is 1720 g/mol. The molecule has 3 saturated heterocycles. The molecule has 8 aromatic rings. The summed E-state index contributed by atoms with van der Waals surface area (Å²) >= 11 is 6.36. The molecule has 0 amide bonds. The molecule has 37 heteroatoms. The summed E-state index contributed by atoms with van der Waals surface area (Å²) in [5, 5.41) is 0. The predicted molar refractivity (Wildman–Crippen MR) is 405 cm³/mol. The Labute approximate surface area is 657 Å². The van der Waals surface area contributed by atoms with E-state index in [4.69, 9.17) is 27.9 Å². The fourth-order valence-corrected chi connectivity index (χ4v) is 11.3. The Hall–Kier alpha value is -8.45. The van der Waals surface area contributed by atoms with E-state index in [1.54, 1.807) is 45.3 Å². The number of benzene rings is 5. The van der Waals surface area contributed by atoms with E-state index in [1.807, 2.05) is 83.1 Å². The minimum absolute atomic E-state index is 0. The zero-order chi connectivity index (χ0) is 80.3. The van der Waals surface area contributed by atoms with Crippen LogP contribution in [0, 0.1) is 20.8 Å². The zero-order valence-corrected chi connectivity index (χ0v) is 63.3. The summed E-state index contributed by atoms with van der Waals surface area (Å²) in [6.45, 7) is 29.1. The molecule has 5 aliphatic heterocycles. The van der Waals surface area contributed by atoms with Crippen LogP contribution in [0.15, 0.2) is 169 Å². The molecular formula is C75H85B3Br2F13N3O16. The summed E-state index contributed by atoms with van der Waals surface area (Å²) in [5.41, 5.74) is 0.862. The maximum Gasteiger partial charge on any atom is 0.586 e. The van der Waals surface area contributed by atoms with Gasteiger partial charge in [-0.15, -0.1) is 57.1 Å². The molecular weight excluding hydrogens is 1640 g/mol. The lowest BCUT2D eigenvalue weighted by Crippen LogP contribution is -2.41. The van der Waals surface area contributed by atoms with Crippen molar-refractivity contribution in [1.29, 1.82) is 0 Å². The maximum atomic E-state index is 13.5. The normalized spacial score (nSPS) is 17.6. The molecule has 0 spiro atoms. The van der Waals surface area contributed by atoms with E-state index in [2.05, 4.69) is 65.0 Å². The second-order valence-electron chi connectivity index (χ2n) is 27.7. The van der Waals surface area contributed by atoms with E-state index < -0.39 is 75.3 Å². The minimum Gasteiger partial charge on any atom is -0.406 e. The highest BCUT2D eigenvalue weighted by Gasteiger charge is 2.64. The van der Waals surface area contributed by atoms with Gasteiger partial charge in [-0.05, 0) is 243 Å². The molecule has 5 aromatic carbocycles. The van der Waals surface area contributed by atoms with Crippen molar-refractivity contribution in [2.75, 3.05) is 0 Å². The van der Waals surface area contributed by atoms with Gasteiger partial charge in [-0.1, -0.05) is 47.9 Å². The van der Waals surface area contributed by atoms with Gasteiger partial charge < -0.3 is 61.1 Å². The van der Waals surface area contributed by atoms with Crippen LogP contribution in [-0.4, -0.2) is 100 Å². The predicted octanol–water partition coefficient (Wildman–Crippen LogP) is 19.7. The summed E-state index contributed by atoms with van der Waals surface area (Å²) in [6.07, 6.45) is -17.1. The van der Waals surface area contributed by atoms with Gasteiger partial charge in [-0.2, -0.15) is 0 Å². The number of fused-ring (bicyclic) bond motifs is 2. The molecule has 19 nitrogen and oxygen atoms in total. The van der Waals surface area contributed by atoms with Crippen molar-refractivity contribution in [3.63, 3.8) is 0 Å². The molecule has 112 heavy (non-hydrogen) atoms. The Kier molecular flexibility index (Phi) is 28.8. The fourth-order valence-electron chi connectivity index (χ4n) is 10.5. The van der Waals surface area contributed by atoms with Gasteiger partial charge in [0.05, 0.1) is 38.1 Å². The van der Waals surface area contributed by atoms with Crippen molar-refractivity contribution in [1.82, 2.24) is 13.7 Å². The lowest BCUT2D eigenvalue weighted by molar-refractivity contribution is -0.287. The van der Waals surface area contributed by atoms with Crippen molar-refractivity contribution in [3.05, 3.63) is 203 Å². The number of nitrogens with zero attached hydrogens (tertiary/aromatic N) is 3. The number of rotatable bonds is 9. The van der Waals surface area contributed by atoms with Crippen LogP contribution in [0.25, 0.3) is 28.2 Å². The van der Waals surface area contributed by atoms with Crippen molar-refractivity contribution < 1.29 is 118 Å². The topological polar surface area (TPSA) is 186 Å². The molecule has 0 saturated carbocycles. The van der Waals surface area contributed by atoms with Gasteiger partial charge >= 0.3 is 52.8 Å². The first-order chi connectivity index (χ1) is 49.5. The maximum absolute atomic E-state index is 13.5. The van der Waals surface area contributed by atoms with Crippen molar-refractivity contribution >= 4 is 58.5 Å². The van der Waals surface area contributed by atoms with Gasteiger partial charge in [0.25, 0.3) is 16.7 Å². The summed E-state index contributed by atoms with van der Waals surface area (Å²) in [4.78, 5) is 36.7. The van der Waals surface area contributed by atoms with E-state index >= 15 is 0 Å². The molecule has 610 valence electrons. The number of hydrogen-bond donors (Lipinski definition) is 0. The number of halogens is 15. The highest BCUT2D eigenvalue weighted by molar-refractivity contribution is 9.10. The van der Waals surface area contributed by atoms with Crippen molar-refractivity contribution in [2.24, 2.45) is 0 Å². The lowest BCUT2D eigenvalue weighted by atomic mass is 9.49. The zero-order valence-electron chi connectivity index (χ0n) is 60.1. The summed E-state index contributed by atoms with van der Waals surface area (Å²) < 4.78 is 232. The minimum atomic E-state index is -4.84. The first-order valence-corrected chi connectivity index (χ1v) is 34.1. The van der Waals surface area contributed by atoms with Gasteiger partial charge in [-0.25, -0.2) is 0 Å². The summed E-state index contributed by atoms with van der Waals surface area (Å²) in [5.74, 6) is -1.37. The molecule has 8 heterocycles. The van der Waals surface area contributed by atoms with Gasteiger partial charge in [0.15, 0.2) is 23.0 Å². The Balaban J connectivity index is 0.000000255. The Morgan fingerprint density at radius 2 is 0.679 bits per heavy atom. The van der Waals surface area contributed by atoms with Gasteiger partial charge in [0.1, 0.15) is 17.2 Å². The highest BCUT2D eigenvalue weighted by Crippen LogP contribution is 2.49. The Bertz CT molecular complexity index is 4710. The second kappa shape index (κ2) is 34.3. The molecule has 13 rings (SSSR count).